The van der Waals surface area contributed by atoms with Gasteiger partial charge in [-0.05, 0) is 56.7 Å². The Labute approximate surface area is 187 Å². The van der Waals surface area contributed by atoms with Crippen LogP contribution < -0.4 is 15.1 Å². The SMILES string of the molecule is [C-]#[N+]c1ccc(N2C(=O)N(c3ccc(NC(=O)CBr)c(Cl)c3)C(C)(C)C2=O)cc1C. The Kier molecular flexibility index (Phi) is 5.88. The number of nitrogens with zero attached hydrogens (tertiary/aromatic N) is 3. The lowest BCUT2D eigenvalue weighted by molar-refractivity contribution is -0.120. The number of urea groups is 1. The predicted molar refractivity (Wildman–Crippen MR) is 121 cm³/mol. The van der Waals surface area contributed by atoms with E-state index in [4.69, 9.17) is 18.2 Å². The predicted octanol–water partition coefficient (Wildman–Crippen LogP) is 5.28. The lowest BCUT2D eigenvalue weighted by atomic mass is 10.0. The topological polar surface area (TPSA) is 74.1 Å². The van der Waals surface area contributed by atoms with Crippen LogP contribution in [0.2, 0.25) is 5.02 Å². The molecule has 1 N–H and O–H groups in total. The number of aryl methyl sites for hydroxylation is 1. The number of anilines is 3. The van der Waals surface area contributed by atoms with Gasteiger partial charge in [-0.3, -0.25) is 14.5 Å². The summed E-state index contributed by atoms with van der Waals surface area (Å²) in [4.78, 5) is 43.9. The molecule has 0 atom stereocenters. The number of nitrogens with one attached hydrogen (secondary N) is 1. The Balaban J connectivity index is 2.00. The average molecular weight is 490 g/mol. The summed E-state index contributed by atoms with van der Waals surface area (Å²) in [6.45, 7) is 12.2. The first kappa shape index (κ1) is 21.8. The van der Waals surface area contributed by atoms with E-state index in [-0.39, 0.29) is 16.3 Å². The van der Waals surface area contributed by atoms with E-state index in [0.29, 0.717) is 28.3 Å². The third-order valence-electron chi connectivity index (χ3n) is 4.83. The zero-order chi connectivity index (χ0) is 22.2. The Morgan fingerprint density at radius 1 is 1.20 bits per heavy atom. The molecular weight excluding hydrogens is 472 g/mol. The van der Waals surface area contributed by atoms with Crippen LogP contribution >= 0.6 is 27.5 Å². The first-order valence-electron chi connectivity index (χ1n) is 8.94. The molecule has 4 amide bonds. The maximum atomic E-state index is 13.3. The van der Waals surface area contributed by atoms with Crippen molar-refractivity contribution in [3.63, 3.8) is 0 Å². The molecule has 7 nitrogen and oxygen atoms in total. The molecule has 1 aliphatic rings. The standard InChI is InChI=1S/C21H18BrClN4O3/c1-12-9-13(5-7-16(12)24-4)26-19(29)21(2,3)27(20(26)30)14-6-8-17(15(23)10-14)25-18(28)11-22/h5-10H,11H2,1-3H3,(H,25,28). The molecule has 0 radical (unpaired) electrons. The fourth-order valence-electron chi connectivity index (χ4n) is 3.29. The molecule has 30 heavy (non-hydrogen) atoms. The second-order valence-electron chi connectivity index (χ2n) is 7.25. The lowest BCUT2D eigenvalue weighted by Gasteiger charge is -2.28. The first-order chi connectivity index (χ1) is 14.1. The van der Waals surface area contributed by atoms with Crippen LogP contribution in [0.25, 0.3) is 4.85 Å². The number of amides is 4. The van der Waals surface area contributed by atoms with Crippen molar-refractivity contribution in [2.24, 2.45) is 0 Å². The van der Waals surface area contributed by atoms with Crippen molar-refractivity contribution in [2.75, 3.05) is 20.4 Å². The fourth-order valence-corrected chi connectivity index (χ4v) is 3.65. The number of carbonyl (C=O) groups excluding carboxylic acids is 3. The number of imide groups is 1. The van der Waals surface area contributed by atoms with Crippen LogP contribution in [-0.2, 0) is 9.59 Å². The minimum atomic E-state index is -1.16. The number of halogens is 2. The van der Waals surface area contributed by atoms with Gasteiger partial charge in [0.2, 0.25) is 5.91 Å². The van der Waals surface area contributed by atoms with Gasteiger partial charge in [0.05, 0.1) is 28.3 Å². The molecule has 0 spiro atoms. The normalized spacial score (nSPS) is 15.3. The van der Waals surface area contributed by atoms with E-state index in [9.17, 15) is 14.4 Å². The maximum absolute atomic E-state index is 13.3. The van der Waals surface area contributed by atoms with Gasteiger partial charge in [-0.25, -0.2) is 14.5 Å². The monoisotopic (exact) mass is 488 g/mol. The lowest BCUT2D eigenvalue weighted by Crippen LogP contribution is -2.44. The fraction of sp³-hybridized carbons (Fsp3) is 0.238. The highest BCUT2D eigenvalue weighted by Gasteiger charge is 2.52. The molecule has 0 saturated carbocycles. The summed E-state index contributed by atoms with van der Waals surface area (Å²) >= 11 is 9.37. The molecule has 9 heteroatoms. The first-order valence-corrected chi connectivity index (χ1v) is 10.4. The van der Waals surface area contributed by atoms with E-state index in [0.717, 1.165) is 4.90 Å². The third kappa shape index (κ3) is 3.66. The van der Waals surface area contributed by atoms with Crippen molar-refractivity contribution >= 4 is 68.1 Å². The highest BCUT2D eigenvalue weighted by atomic mass is 79.9. The van der Waals surface area contributed by atoms with Crippen molar-refractivity contribution in [1.82, 2.24) is 0 Å². The Hall–Kier alpha value is -2.89. The molecule has 0 unspecified atom stereocenters. The van der Waals surface area contributed by atoms with Crippen LogP contribution in [0, 0.1) is 13.5 Å². The van der Waals surface area contributed by atoms with Gasteiger partial charge in [0, 0.05) is 5.69 Å². The summed E-state index contributed by atoms with van der Waals surface area (Å²) in [6.07, 6.45) is 0. The highest BCUT2D eigenvalue weighted by molar-refractivity contribution is 9.09. The van der Waals surface area contributed by atoms with Crippen LogP contribution in [0.5, 0.6) is 0 Å². The summed E-state index contributed by atoms with van der Waals surface area (Å²) < 4.78 is 0. The van der Waals surface area contributed by atoms with E-state index in [1.54, 1.807) is 51.1 Å². The quantitative estimate of drug-likeness (QED) is 0.360. The Bertz CT molecular complexity index is 1110. The van der Waals surface area contributed by atoms with Gasteiger partial charge in [0.1, 0.15) is 5.54 Å². The summed E-state index contributed by atoms with van der Waals surface area (Å²) in [7, 11) is 0. The van der Waals surface area contributed by atoms with Crippen LogP contribution in [0.3, 0.4) is 0 Å². The summed E-state index contributed by atoms with van der Waals surface area (Å²) in [5.74, 6) is -0.655. The molecule has 1 saturated heterocycles. The minimum Gasteiger partial charge on any atom is -0.324 e. The van der Waals surface area contributed by atoms with Gasteiger partial charge in [-0.15, -0.1) is 0 Å². The molecule has 0 aliphatic carbocycles. The summed E-state index contributed by atoms with van der Waals surface area (Å²) in [5, 5.41) is 3.01. The molecule has 1 fully saturated rings. The molecular formula is C21H18BrClN4O3. The second kappa shape index (κ2) is 8.09. The molecule has 1 heterocycles. The third-order valence-corrected chi connectivity index (χ3v) is 5.66. The van der Waals surface area contributed by atoms with Crippen molar-refractivity contribution in [1.29, 1.82) is 0 Å². The molecule has 2 aromatic rings. The van der Waals surface area contributed by atoms with Crippen molar-refractivity contribution in [3.8, 4) is 0 Å². The van der Waals surface area contributed by atoms with E-state index < -0.39 is 17.5 Å². The smallest absolute Gasteiger partial charge is 0.324 e. The minimum absolute atomic E-state index is 0.123. The number of carbonyl (C=O) groups is 3. The van der Waals surface area contributed by atoms with Gasteiger partial charge in [0.15, 0.2) is 5.69 Å². The van der Waals surface area contributed by atoms with Crippen LogP contribution in [-0.4, -0.2) is 28.7 Å². The van der Waals surface area contributed by atoms with Crippen molar-refractivity contribution in [2.45, 2.75) is 26.3 Å². The van der Waals surface area contributed by atoms with Gasteiger partial charge in [-0.1, -0.05) is 33.6 Å². The molecule has 154 valence electrons. The van der Waals surface area contributed by atoms with E-state index in [1.807, 2.05) is 0 Å². The van der Waals surface area contributed by atoms with Gasteiger partial charge in [-0.2, -0.15) is 0 Å². The van der Waals surface area contributed by atoms with Gasteiger partial charge < -0.3 is 5.32 Å². The van der Waals surface area contributed by atoms with Gasteiger partial charge in [0.25, 0.3) is 5.91 Å². The number of benzene rings is 2. The second-order valence-corrected chi connectivity index (χ2v) is 8.21. The summed E-state index contributed by atoms with van der Waals surface area (Å²) in [5.41, 5.74) is 1.21. The summed E-state index contributed by atoms with van der Waals surface area (Å²) in [6, 6.07) is 9.05. The van der Waals surface area contributed by atoms with Crippen molar-refractivity contribution < 1.29 is 14.4 Å². The maximum Gasteiger partial charge on any atom is 0.336 e. The highest BCUT2D eigenvalue weighted by Crippen LogP contribution is 2.39. The zero-order valence-electron chi connectivity index (χ0n) is 16.5. The van der Waals surface area contributed by atoms with Crippen LogP contribution in [0.15, 0.2) is 36.4 Å². The van der Waals surface area contributed by atoms with E-state index >= 15 is 0 Å². The molecule has 0 bridgehead atoms. The zero-order valence-corrected chi connectivity index (χ0v) is 18.8. The Morgan fingerprint density at radius 3 is 2.43 bits per heavy atom. The molecule has 0 aromatic heterocycles. The van der Waals surface area contributed by atoms with E-state index in [1.165, 1.54) is 11.0 Å². The van der Waals surface area contributed by atoms with Crippen molar-refractivity contribution in [3.05, 3.63) is 58.4 Å². The Morgan fingerprint density at radius 2 is 1.87 bits per heavy atom. The molecule has 2 aromatic carbocycles. The van der Waals surface area contributed by atoms with E-state index in [2.05, 4.69) is 26.1 Å². The molecule has 1 aliphatic heterocycles. The van der Waals surface area contributed by atoms with Crippen LogP contribution in [0.4, 0.5) is 27.5 Å². The average Bonchev–Trinajstić information content (AvgIpc) is 2.87. The number of rotatable bonds is 4. The largest absolute Gasteiger partial charge is 0.336 e. The molecule has 3 rings (SSSR count). The number of hydrogen-bond acceptors (Lipinski definition) is 3. The number of hydrogen-bond donors (Lipinski definition) is 1. The number of alkyl halides is 1. The van der Waals surface area contributed by atoms with Gasteiger partial charge >= 0.3 is 6.03 Å². The van der Waals surface area contributed by atoms with Crippen LogP contribution in [0.1, 0.15) is 19.4 Å².